The Morgan fingerprint density at radius 1 is 0.963 bits per heavy atom. The summed E-state index contributed by atoms with van der Waals surface area (Å²) in [7, 11) is 0. The second-order valence-electron chi connectivity index (χ2n) is 7.23. The summed E-state index contributed by atoms with van der Waals surface area (Å²) in [6.45, 7) is 0. The van der Waals surface area contributed by atoms with Crippen molar-refractivity contribution in [3.63, 3.8) is 0 Å². The molecule has 0 bridgehead atoms. The molecule has 4 aromatic rings. The van der Waals surface area contributed by atoms with E-state index < -0.39 is 0 Å². The van der Waals surface area contributed by atoms with Crippen molar-refractivity contribution in [3.05, 3.63) is 71.6 Å². The highest BCUT2D eigenvalue weighted by atomic mass is 35.5. The molecule has 2 heterocycles. The summed E-state index contributed by atoms with van der Waals surface area (Å²) in [6, 6.07) is 18.8. The van der Waals surface area contributed by atoms with Crippen LogP contribution in [0.15, 0.2) is 60.8 Å². The molecule has 0 saturated heterocycles. The lowest BCUT2D eigenvalue weighted by molar-refractivity contribution is 0.253. The minimum atomic E-state index is -0.160. The largest absolute Gasteiger partial charge is 0.351 e. The SMILES string of the molecule is NC1(c2ccc(-c3c(-c4ccccc4)[nH]c4cnc(Cl)nc34)cc2)CCC1. The second-order valence-corrected chi connectivity index (χ2v) is 7.57. The number of benzene rings is 2. The predicted molar refractivity (Wildman–Crippen MR) is 109 cm³/mol. The van der Waals surface area contributed by atoms with Gasteiger partial charge in [-0.05, 0) is 47.6 Å². The van der Waals surface area contributed by atoms with Crippen molar-refractivity contribution in [2.45, 2.75) is 24.8 Å². The maximum absolute atomic E-state index is 6.48. The number of aromatic amines is 1. The van der Waals surface area contributed by atoms with Crippen LogP contribution in [-0.4, -0.2) is 15.0 Å². The molecule has 4 nitrogen and oxygen atoms in total. The Morgan fingerprint density at radius 3 is 2.37 bits per heavy atom. The number of halogens is 1. The Balaban J connectivity index is 1.70. The maximum atomic E-state index is 6.48. The first-order chi connectivity index (χ1) is 13.1. The van der Waals surface area contributed by atoms with Crippen molar-refractivity contribution in [1.82, 2.24) is 15.0 Å². The number of rotatable bonds is 3. The van der Waals surface area contributed by atoms with Crippen molar-refractivity contribution in [1.29, 1.82) is 0 Å². The van der Waals surface area contributed by atoms with Crippen molar-refractivity contribution in [2.24, 2.45) is 5.73 Å². The van der Waals surface area contributed by atoms with Gasteiger partial charge in [-0.3, -0.25) is 0 Å². The fourth-order valence-corrected chi connectivity index (χ4v) is 4.01. The number of hydrogen-bond acceptors (Lipinski definition) is 3. The van der Waals surface area contributed by atoms with Gasteiger partial charge in [0.2, 0.25) is 5.28 Å². The van der Waals surface area contributed by atoms with Crippen LogP contribution >= 0.6 is 11.6 Å². The van der Waals surface area contributed by atoms with Crippen LogP contribution in [0.3, 0.4) is 0 Å². The molecule has 5 heteroatoms. The highest BCUT2D eigenvalue weighted by Gasteiger charge is 2.34. The number of H-pyrrole nitrogens is 1. The van der Waals surface area contributed by atoms with Gasteiger partial charge in [-0.15, -0.1) is 0 Å². The van der Waals surface area contributed by atoms with Crippen LogP contribution in [0.4, 0.5) is 0 Å². The van der Waals surface area contributed by atoms with E-state index in [0.29, 0.717) is 0 Å². The lowest BCUT2D eigenvalue weighted by atomic mass is 9.72. The van der Waals surface area contributed by atoms with Crippen LogP contribution in [0.5, 0.6) is 0 Å². The van der Waals surface area contributed by atoms with Gasteiger partial charge >= 0.3 is 0 Å². The molecule has 3 N–H and O–H groups in total. The van der Waals surface area contributed by atoms with Crippen LogP contribution in [0.25, 0.3) is 33.4 Å². The zero-order chi connectivity index (χ0) is 18.4. The molecule has 2 aromatic carbocycles. The van der Waals surface area contributed by atoms with Gasteiger partial charge in [-0.1, -0.05) is 54.6 Å². The molecule has 0 atom stereocenters. The lowest BCUT2D eigenvalue weighted by Crippen LogP contribution is -2.43. The number of nitrogens with two attached hydrogens (primary N) is 1. The summed E-state index contributed by atoms with van der Waals surface area (Å²) in [5.41, 5.74) is 13.4. The average Bonchev–Trinajstić information content (AvgIpc) is 3.05. The summed E-state index contributed by atoms with van der Waals surface area (Å²) in [5, 5.41) is 0.245. The number of fused-ring (bicyclic) bond motifs is 1. The first-order valence-electron chi connectivity index (χ1n) is 9.13. The van der Waals surface area contributed by atoms with E-state index in [2.05, 4.69) is 51.4 Å². The minimum absolute atomic E-state index is 0.160. The average molecular weight is 375 g/mol. The third-order valence-corrected chi connectivity index (χ3v) is 5.74. The van der Waals surface area contributed by atoms with Gasteiger partial charge in [-0.25, -0.2) is 9.97 Å². The normalized spacial score (nSPS) is 15.6. The molecular weight excluding hydrogens is 356 g/mol. The third kappa shape index (κ3) is 2.73. The van der Waals surface area contributed by atoms with Crippen molar-refractivity contribution < 1.29 is 0 Å². The van der Waals surface area contributed by atoms with Crippen LogP contribution < -0.4 is 5.73 Å². The highest BCUT2D eigenvalue weighted by molar-refractivity contribution is 6.28. The Labute approximate surface area is 162 Å². The highest BCUT2D eigenvalue weighted by Crippen LogP contribution is 2.41. The quantitative estimate of drug-likeness (QED) is 0.479. The zero-order valence-electron chi connectivity index (χ0n) is 14.7. The molecule has 0 aliphatic heterocycles. The summed E-state index contributed by atoms with van der Waals surface area (Å²) in [4.78, 5) is 12.1. The molecule has 1 aliphatic rings. The van der Waals surface area contributed by atoms with E-state index >= 15 is 0 Å². The summed E-state index contributed by atoms with van der Waals surface area (Å²) in [6.07, 6.45) is 5.04. The third-order valence-electron chi connectivity index (χ3n) is 5.56. The molecule has 0 radical (unpaired) electrons. The van der Waals surface area contributed by atoms with Gasteiger partial charge in [0.15, 0.2) is 0 Å². The summed E-state index contributed by atoms with van der Waals surface area (Å²) < 4.78 is 0. The topological polar surface area (TPSA) is 67.6 Å². The van der Waals surface area contributed by atoms with E-state index in [1.165, 1.54) is 12.0 Å². The summed E-state index contributed by atoms with van der Waals surface area (Å²) >= 11 is 6.09. The second kappa shape index (κ2) is 6.19. The van der Waals surface area contributed by atoms with Gasteiger partial charge in [0.05, 0.1) is 17.4 Å². The first kappa shape index (κ1) is 16.5. The molecule has 1 fully saturated rings. The lowest BCUT2D eigenvalue weighted by Gasteiger charge is -2.38. The molecule has 134 valence electrons. The fourth-order valence-electron chi connectivity index (χ4n) is 3.88. The molecule has 1 saturated carbocycles. The van der Waals surface area contributed by atoms with E-state index in [1.54, 1.807) is 6.20 Å². The Bertz CT molecular complexity index is 1110. The Hall–Kier alpha value is -2.69. The predicted octanol–water partition coefficient (Wildman–Crippen LogP) is 5.28. The first-order valence-corrected chi connectivity index (χ1v) is 9.51. The standard InChI is InChI=1S/C22H19ClN4/c23-21-25-13-17-20(27-21)18(19(26-17)15-5-2-1-3-6-15)14-7-9-16(10-8-14)22(24)11-4-12-22/h1-3,5-10,13,26H,4,11-12,24H2. The van der Waals surface area contributed by atoms with E-state index in [9.17, 15) is 0 Å². The molecule has 27 heavy (non-hydrogen) atoms. The number of nitrogens with zero attached hydrogens (tertiary/aromatic N) is 2. The van der Waals surface area contributed by atoms with Gasteiger partial charge < -0.3 is 10.7 Å². The van der Waals surface area contributed by atoms with E-state index in [4.69, 9.17) is 17.3 Å². The van der Waals surface area contributed by atoms with Crippen molar-refractivity contribution in [2.75, 3.05) is 0 Å². The number of aromatic nitrogens is 3. The molecule has 0 unspecified atom stereocenters. The number of hydrogen-bond donors (Lipinski definition) is 2. The molecule has 0 amide bonds. The van der Waals surface area contributed by atoms with Crippen LogP contribution in [0, 0.1) is 0 Å². The van der Waals surface area contributed by atoms with E-state index in [0.717, 1.165) is 46.3 Å². The van der Waals surface area contributed by atoms with Gasteiger partial charge in [0, 0.05) is 11.1 Å². The monoisotopic (exact) mass is 374 g/mol. The van der Waals surface area contributed by atoms with Crippen molar-refractivity contribution >= 4 is 22.6 Å². The van der Waals surface area contributed by atoms with Crippen LogP contribution in [0.2, 0.25) is 5.28 Å². The van der Waals surface area contributed by atoms with Gasteiger partial charge in [0.1, 0.15) is 5.52 Å². The maximum Gasteiger partial charge on any atom is 0.223 e. The molecule has 2 aromatic heterocycles. The smallest absolute Gasteiger partial charge is 0.223 e. The fraction of sp³-hybridized carbons (Fsp3) is 0.182. The van der Waals surface area contributed by atoms with E-state index in [1.807, 2.05) is 18.2 Å². The van der Waals surface area contributed by atoms with Crippen LogP contribution in [0.1, 0.15) is 24.8 Å². The van der Waals surface area contributed by atoms with Gasteiger partial charge in [0.25, 0.3) is 0 Å². The van der Waals surface area contributed by atoms with Crippen LogP contribution in [-0.2, 0) is 5.54 Å². The number of nitrogens with one attached hydrogen (secondary N) is 1. The van der Waals surface area contributed by atoms with E-state index in [-0.39, 0.29) is 10.8 Å². The summed E-state index contributed by atoms with van der Waals surface area (Å²) in [5.74, 6) is 0. The Kier molecular flexibility index (Phi) is 3.78. The minimum Gasteiger partial charge on any atom is -0.351 e. The molecular formula is C22H19ClN4. The van der Waals surface area contributed by atoms with Crippen molar-refractivity contribution in [3.8, 4) is 22.4 Å². The molecule has 5 rings (SSSR count). The Morgan fingerprint density at radius 2 is 1.70 bits per heavy atom. The molecule has 1 aliphatic carbocycles. The molecule has 0 spiro atoms. The zero-order valence-corrected chi connectivity index (χ0v) is 15.5. The van der Waals surface area contributed by atoms with Gasteiger partial charge in [-0.2, -0.15) is 0 Å².